The maximum atomic E-state index is 11.9. The van der Waals surface area contributed by atoms with Gasteiger partial charge < -0.3 is 16.0 Å². The number of amides is 1. The molecule has 1 aliphatic carbocycles. The van der Waals surface area contributed by atoms with Gasteiger partial charge in [0.2, 0.25) is 0 Å². The lowest BCUT2D eigenvalue weighted by Crippen LogP contribution is -2.36. The lowest BCUT2D eigenvalue weighted by atomic mass is 9.67. The molecule has 4 nitrogen and oxygen atoms in total. The van der Waals surface area contributed by atoms with Crippen LogP contribution in [-0.2, 0) is 0 Å². The second-order valence-corrected chi connectivity index (χ2v) is 6.06. The molecule has 2 rings (SSSR count). The van der Waals surface area contributed by atoms with Gasteiger partial charge in [0.05, 0.1) is 11.4 Å². The molecule has 20 heavy (non-hydrogen) atoms. The van der Waals surface area contributed by atoms with Crippen LogP contribution in [0.2, 0.25) is 0 Å². The standard InChI is InChI=1S/C16H25N3O/c1-4-16(8-5-9-16)11-18-14-7-6-12(10-13(14)17)15(20)19(2)3/h6-7,10,18H,4-5,8-9,11,17H2,1-3H3. The van der Waals surface area contributed by atoms with Crippen LogP contribution in [0.25, 0.3) is 0 Å². The van der Waals surface area contributed by atoms with Crippen molar-refractivity contribution in [2.24, 2.45) is 5.41 Å². The van der Waals surface area contributed by atoms with Crippen LogP contribution in [0.15, 0.2) is 18.2 Å². The summed E-state index contributed by atoms with van der Waals surface area (Å²) in [6, 6.07) is 5.50. The van der Waals surface area contributed by atoms with Crippen LogP contribution in [0.4, 0.5) is 11.4 Å². The quantitative estimate of drug-likeness (QED) is 0.812. The molecule has 1 aliphatic rings. The molecule has 0 radical (unpaired) electrons. The van der Waals surface area contributed by atoms with Gasteiger partial charge in [-0.2, -0.15) is 0 Å². The highest BCUT2D eigenvalue weighted by Crippen LogP contribution is 2.43. The van der Waals surface area contributed by atoms with E-state index in [-0.39, 0.29) is 5.91 Å². The first kappa shape index (κ1) is 14.7. The van der Waals surface area contributed by atoms with E-state index in [0.29, 0.717) is 16.7 Å². The first-order chi connectivity index (χ1) is 9.47. The zero-order chi connectivity index (χ0) is 14.8. The molecular weight excluding hydrogens is 250 g/mol. The summed E-state index contributed by atoms with van der Waals surface area (Å²) in [6.45, 7) is 3.22. The lowest BCUT2D eigenvalue weighted by Gasteiger charge is -2.41. The summed E-state index contributed by atoms with van der Waals surface area (Å²) in [6.07, 6.45) is 5.14. The molecule has 1 aromatic carbocycles. The van der Waals surface area contributed by atoms with Crippen molar-refractivity contribution in [3.8, 4) is 0 Å². The zero-order valence-corrected chi connectivity index (χ0v) is 12.7. The van der Waals surface area contributed by atoms with Crippen molar-refractivity contribution in [2.45, 2.75) is 32.6 Å². The number of anilines is 2. The van der Waals surface area contributed by atoms with Crippen LogP contribution in [-0.4, -0.2) is 31.4 Å². The fourth-order valence-corrected chi connectivity index (χ4v) is 2.73. The van der Waals surface area contributed by atoms with Gasteiger partial charge in [0.1, 0.15) is 0 Å². The van der Waals surface area contributed by atoms with Gasteiger partial charge >= 0.3 is 0 Å². The smallest absolute Gasteiger partial charge is 0.253 e. The molecule has 0 spiro atoms. The van der Waals surface area contributed by atoms with Crippen LogP contribution in [0.5, 0.6) is 0 Å². The fraction of sp³-hybridized carbons (Fsp3) is 0.562. The maximum Gasteiger partial charge on any atom is 0.253 e. The third-order valence-corrected chi connectivity index (χ3v) is 4.52. The number of nitrogens with one attached hydrogen (secondary N) is 1. The molecule has 1 fully saturated rings. The summed E-state index contributed by atoms with van der Waals surface area (Å²) < 4.78 is 0. The molecule has 0 heterocycles. The fourth-order valence-electron chi connectivity index (χ4n) is 2.73. The van der Waals surface area contributed by atoms with Gasteiger partial charge in [0, 0.05) is 26.2 Å². The van der Waals surface area contributed by atoms with Crippen molar-refractivity contribution in [1.82, 2.24) is 4.90 Å². The molecule has 3 N–H and O–H groups in total. The van der Waals surface area contributed by atoms with Crippen LogP contribution < -0.4 is 11.1 Å². The van der Waals surface area contributed by atoms with E-state index >= 15 is 0 Å². The monoisotopic (exact) mass is 275 g/mol. The Morgan fingerprint density at radius 3 is 2.55 bits per heavy atom. The lowest BCUT2D eigenvalue weighted by molar-refractivity contribution is 0.0827. The summed E-state index contributed by atoms with van der Waals surface area (Å²) in [5.74, 6) is -0.0210. The number of hydrogen-bond acceptors (Lipinski definition) is 3. The number of rotatable bonds is 5. The largest absolute Gasteiger partial charge is 0.397 e. The number of nitrogens with zero attached hydrogens (tertiary/aromatic N) is 1. The molecule has 0 aromatic heterocycles. The molecule has 4 heteroatoms. The van der Waals surface area contributed by atoms with Crippen LogP contribution in [0, 0.1) is 5.41 Å². The molecule has 110 valence electrons. The third kappa shape index (κ3) is 2.89. The van der Waals surface area contributed by atoms with E-state index in [1.807, 2.05) is 12.1 Å². The average molecular weight is 275 g/mol. The highest BCUT2D eigenvalue weighted by atomic mass is 16.2. The number of benzene rings is 1. The summed E-state index contributed by atoms with van der Waals surface area (Å²) in [7, 11) is 3.48. The Kier molecular flexibility index (Phi) is 4.21. The molecule has 0 unspecified atom stereocenters. The van der Waals surface area contributed by atoms with Gasteiger partial charge in [-0.15, -0.1) is 0 Å². The van der Waals surface area contributed by atoms with Crippen molar-refractivity contribution in [2.75, 3.05) is 31.7 Å². The molecule has 0 saturated heterocycles. The number of hydrogen-bond donors (Lipinski definition) is 2. The van der Waals surface area contributed by atoms with Crippen molar-refractivity contribution >= 4 is 17.3 Å². The Hall–Kier alpha value is -1.71. The minimum atomic E-state index is -0.0210. The maximum absolute atomic E-state index is 11.9. The predicted molar refractivity (Wildman–Crippen MR) is 83.9 cm³/mol. The Balaban J connectivity index is 2.04. The van der Waals surface area contributed by atoms with Gasteiger partial charge in [-0.05, 0) is 42.9 Å². The number of nitrogens with two attached hydrogens (primary N) is 1. The molecule has 1 aromatic rings. The minimum absolute atomic E-state index is 0.0210. The van der Waals surface area contributed by atoms with E-state index in [1.54, 1.807) is 25.1 Å². The van der Waals surface area contributed by atoms with Crippen LogP contribution >= 0.6 is 0 Å². The first-order valence-corrected chi connectivity index (χ1v) is 7.32. The molecule has 0 aliphatic heterocycles. The average Bonchev–Trinajstić information content (AvgIpc) is 2.38. The van der Waals surface area contributed by atoms with Gasteiger partial charge in [0.15, 0.2) is 0 Å². The topological polar surface area (TPSA) is 58.4 Å². The second kappa shape index (κ2) is 5.73. The number of nitrogen functional groups attached to an aromatic ring is 1. The Morgan fingerprint density at radius 2 is 2.10 bits per heavy atom. The predicted octanol–water partition coefficient (Wildman–Crippen LogP) is 2.96. The van der Waals surface area contributed by atoms with Crippen LogP contribution in [0.3, 0.4) is 0 Å². The molecule has 0 atom stereocenters. The highest BCUT2D eigenvalue weighted by molar-refractivity contribution is 5.95. The molecule has 1 saturated carbocycles. The van der Waals surface area contributed by atoms with Crippen molar-refractivity contribution in [3.05, 3.63) is 23.8 Å². The second-order valence-electron chi connectivity index (χ2n) is 6.06. The zero-order valence-electron chi connectivity index (χ0n) is 12.7. The van der Waals surface area contributed by atoms with Gasteiger partial charge in [-0.25, -0.2) is 0 Å². The Labute approximate surface area is 121 Å². The summed E-state index contributed by atoms with van der Waals surface area (Å²) in [5.41, 5.74) is 8.71. The third-order valence-electron chi connectivity index (χ3n) is 4.52. The Bertz CT molecular complexity index is 487. The normalized spacial score (nSPS) is 16.4. The molecule has 1 amide bonds. The molecule has 0 bridgehead atoms. The van der Waals surface area contributed by atoms with Crippen LogP contribution in [0.1, 0.15) is 43.0 Å². The van der Waals surface area contributed by atoms with Crippen molar-refractivity contribution in [3.63, 3.8) is 0 Å². The summed E-state index contributed by atoms with van der Waals surface area (Å²) in [4.78, 5) is 13.4. The van der Waals surface area contributed by atoms with E-state index in [4.69, 9.17) is 5.73 Å². The SMILES string of the molecule is CCC1(CNc2ccc(C(=O)N(C)C)cc2N)CCC1. The van der Waals surface area contributed by atoms with E-state index in [1.165, 1.54) is 25.7 Å². The summed E-state index contributed by atoms with van der Waals surface area (Å²) >= 11 is 0. The van der Waals surface area contributed by atoms with Gasteiger partial charge in [-0.1, -0.05) is 13.3 Å². The summed E-state index contributed by atoms with van der Waals surface area (Å²) in [5, 5.41) is 3.45. The van der Waals surface area contributed by atoms with Gasteiger partial charge in [-0.3, -0.25) is 4.79 Å². The van der Waals surface area contributed by atoms with E-state index in [2.05, 4.69) is 12.2 Å². The Morgan fingerprint density at radius 1 is 1.40 bits per heavy atom. The van der Waals surface area contributed by atoms with Crippen molar-refractivity contribution in [1.29, 1.82) is 0 Å². The first-order valence-electron chi connectivity index (χ1n) is 7.32. The number of carbonyl (C=O) groups is 1. The van der Waals surface area contributed by atoms with E-state index < -0.39 is 0 Å². The molecular formula is C16H25N3O. The van der Waals surface area contributed by atoms with Crippen molar-refractivity contribution < 1.29 is 4.79 Å². The van der Waals surface area contributed by atoms with E-state index in [9.17, 15) is 4.79 Å². The highest BCUT2D eigenvalue weighted by Gasteiger charge is 2.34. The number of carbonyl (C=O) groups excluding carboxylic acids is 1. The minimum Gasteiger partial charge on any atom is -0.397 e. The van der Waals surface area contributed by atoms with Gasteiger partial charge in [0.25, 0.3) is 5.91 Å². The van der Waals surface area contributed by atoms with E-state index in [0.717, 1.165) is 12.2 Å².